The quantitative estimate of drug-likeness (QED) is 0.799. The highest BCUT2D eigenvalue weighted by Crippen LogP contribution is 2.36. The molecule has 2 atom stereocenters. The molecule has 1 aromatic heterocycles. The SMILES string of the molecule is CCCCn1c(CN2CC[C@@H]3CCCC[C@H]3C2)nc2cc(S(N)(=O)=O)ccc21. The lowest BCUT2D eigenvalue weighted by atomic mass is 9.75. The molecule has 1 aliphatic heterocycles. The molecule has 0 spiro atoms. The molecule has 1 saturated heterocycles. The number of nitrogens with two attached hydrogens (primary N) is 1. The highest BCUT2D eigenvalue weighted by molar-refractivity contribution is 7.89. The summed E-state index contributed by atoms with van der Waals surface area (Å²) in [6.07, 6.45) is 9.05. The number of aryl methyl sites for hydroxylation is 1. The van der Waals surface area contributed by atoms with E-state index in [-0.39, 0.29) is 4.90 Å². The molecule has 2 heterocycles. The zero-order valence-electron chi connectivity index (χ0n) is 16.8. The number of hydrogen-bond donors (Lipinski definition) is 1. The van der Waals surface area contributed by atoms with E-state index in [1.165, 1.54) is 38.6 Å². The van der Waals surface area contributed by atoms with Crippen LogP contribution in [0.15, 0.2) is 23.1 Å². The van der Waals surface area contributed by atoms with Crippen molar-refractivity contribution in [2.75, 3.05) is 13.1 Å². The fraction of sp³-hybridized carbons (Fsp3) is 0.667. The highest BCUT2D eigenvalue weighted by Gasteiger charge is 2.31. The van der Waals surface area contributed by atoms with Crippen LogP contribution in [0.3, 0.4) is 0 Å². The van der Waals surface area contributed by atoms with E-state index in [0.29, 0.717) is 0 Å². The summed E-state index contributed by atoms with van der Waals surface area (Å²) >= 11 is 0. The number of primary sulfonamides is 1. The number of nitrogens with zero attached hydrogens (tertiary/aromatic N) is 3. The molecule has 2 aromatic rings. The van der Waals surface area contributed by atoms with Crippen LogP contribution in [0.25, 0.3) is 11.0 Å². The Balaban J connectivity index is 1.61. The molecule has 2 aliphatic rings. The summed E-state index contributed by atoms with van der Waals surface area (Å²) in [7, 11) is -3.72. The van der Waals surface area contributed by atoms with Crippen molar-refractivity contribution < 1.29 is 8.42 Å². The number of hydrogen-bond acceptors (Lipinski definition) is 4. The third kappa shape index (κ3) is 4.11. The van der Waals surface area contributed by atoms with Gasteiger partial charge in [-0.3, -0.25) is 4.90 Å². The molecular weight excluding hydrogens is 372 g/mol. The average Bonchev–Trinajstić information content (AvgIpc) is 3.01. The normalized spacial score (nSPS) is 23.8. The first-order valence-electron chi connectivity index (χ1n) is 10.7. The van der Waals surface area contributed by atoms with Crippen molar-refractivity contribution in [3.8, 4) is 0 Å². The minimum Gasteiger partial charge on any atom is -0.327 e. The maximum Gasteiger partial charge on any atom is 0.238 e. The van der Waals surface area contributed by atoms with Crippen LogP contribution in [-0.2, 0) is 23.1 Å². The number of sulfonamides is 1. The molecule has 0 radical (unpaired) electrons. The van der Waals surface area contributed by atoms with Gasteiger partial charge in [0.1, 0.15) is 5.82 Å². The van der Waals surface area contributed by atoms with Gasteiger partial charge in [-0.2, -0.15) is 0 Å². The summed E-state index contributed by atoms with van der Waals surface area (Å²) in [6.45, 7) is 6.25. The lowest BCUT2D eigenvalue weighted by Crippen LogP contribution is -2.41. The van der Waals surface area contributed by atoms with Crippen molar-refractivity contribution in [3.05, 3.63) is 24.0 Å². The maximum absolute atomic E-state index is 11.7. The molecule has 154 valence electrons. The Morgan fingerprint density at radius 1 is 1.18 bits per heavy atom. The van der Waals surface area contributed by atoms with E-state index < -0.39 is 10.0 Å². The second-order valence-electron chi connectivity index (χ2n) is 8.56. The number of rotatable bonds is 6. The molecule has 2 fully saturated rings. The molecule has 7 heteroatoms. The topological polar surface area (TPSA) is 81.2 Å². The lowest BCUT2D eigenvalue weighted by Gasteiger charge is -2.41. The Morgan fingerprint density at radius 2 is 1.96 bits per heavy atom. The Kier molecular flexibility index (Phi) is 5.76. The standard InChI is InChI=1S/C21H32N4O2S/c1-2-3-11-25-20-9-8-18(28(22,26)27)13-19(20)23-21(25)15-24-12-10-16-6-4-5-7-17(16)14-24/h8-9,13,16-17H,2-7,10-12,14-15H2,1H3,(H2,22,26,27)/t16-,17-/m0/s1. The predicted molar refractivity (Wildman–Crippen MR) is 111 cm³/mol. The molecule has 1 saturated carbocycles. The van der Waals surface area contributed by atoms with Crippen molar-refractivity contribution >= 4 is 21.1 Å². The van der Waals surface area contributed by atoms with Crippen LogP contribution in [0.1, 0.15) is 57.7 Å². The van der Waals surface area contributed by atoms with Crippen molar-refractivity contribution in [1.82, 2.24) is 14.5 Å². The fourth-order valence-corrected chi connectivity index (χ4v) is 5.58. The summed E-state index contributed by atoms with van der Waals surface area (Å²) in [5, 5.41) is 5.31. The molecular formula is C21H32N4O2S. The van der Waals surface area contributed by atoms with E-state index >= 15 is 0 Å². The van der Waals surface area contributed by atoms with Gasteiger partial charge in [0.2, 0.25) is 10.0 Å². The molecule has 6 nitrogen and oxygen atoms in total. The predicted octanol–water partition coefficient (Wildman–Crippen LogP) is 3.50. The second kappa shape index (κ2) is 8.13. The summed E-state index contributed by atoms with van der Waals surface area (Å²) in [4.78, 5) is 7.53. The fourth-order valence-electron chi connectivity index (χ4n) is 5.04. The first kappa shape index (κ1) is 19.9. The van der Waals surface area contributed by atoms with Crippen LogP contribution in [0.2, 0.25) is 0 Å². The van der Waals surface area contributed by atoms with E-state index in [4.69, 9.17) is 10.1 Å². The third-order valence-corrected chi connectivity index (χ3v) is 7.51. The van der Waals surface area contributed by atoms with Crippen LogP contribution in [0, 0.1) is 11.8 Å². The van der Waals surface area contributed by atoms with Crippen LogP contribution in [0.5, 0.6) is 0 Å². The average molecular weight is 405 g/mol. The number of fused-ring (bicyclic) bond motifs is 2. The Labute approximate surface area is 168 Å². The van der Waals surface area contributed by atoms with Gasteiger partial charge >= 0.3 is 0 Å². The number of likely N-dealkylation sites (tertiary alicyclic amines) is 1. The van der Waals surface area contributed by atoms with Crippen LogP contribution in [0.4, 0.5) is 0 Å². The molecule has 0 unspecified atom stereocenters. The van der Waals surface area contributed by atoms with Gasteiger partial charge in [0.05, 0.1) is 22.5 Å². The zero-order valence-corrected chi connectivity index (χ0v) is 17.6. The van der Waals surface area contributed by atoms with E-state index in [9.17, 15) is 8.42 Å². The van der Waals surface area contributed by atoms with E-state index in [2.05, 4.69) is 16.4 Å². The third-order valence-electron chi connectivity index (χ3n) is 6.60. The molecule has 1 aliphatic carbocycles. The zero-order chi connectivity index (χ0) is 19.7. The molecule has 2 N–H and O–H groups in total. The number of unbranched alkanes of at least 4 members (excludes halogenated alkanes) is 1. The summed E-state index contributed by atoms with van der Waals surface area (Å²) in [5.41, 5.74) is 1.73. The van der Waals surface area contributed by atoms with Gasteiger partial charge < -0.3 is 4.57 Å². The first-order valence-corrected chi connectivity index (χ1v) is 12.2. The van der Waals surface area contributed by atoms with E-state index in [0.717, 1.165) is 61.2 Å². The summed E-state index contributed by atoms with van der Waals surface area (Å²) < 4.78 is 25.7. The first-order chi connectivity index (χ1) is 13.5. The largest absolute Gasteiger partial charge is 0.327 e. The molecule has 1 aromatic carbocycles. The summed E-state index contributed by atoms with van der Waals surface area (Å²) in [6, 6.07) is 5.07. The van der Waals surface area contributed by atoms with Gasteiger partial charge in [0.25, 0.3) is 0 Å². The van der Waals surface area contributed by atoms with Crippen molar-refractivity contribution in [2.24, 2.45) is 17.0 Å². The Morgan fingerprint density at radius 3 is 2.71 bits per heavy atom. The highest BCUT2D eigenvalue weighted by atomic mass is 32.2. The van der Waals surface area contributed by atoms with Crippen LogP contribution < -0.4 is 5.14 Å². The number of benzene rings is 1. The van der Waals surface area contributed by atoms with Crippen molar-refractivity contribution in [2.45, 2.75) is 69.9 Å². The number of aromatic nitrogens is 2. The van der Waals surface area contributed by atoms with Crippen LogP contribution in [-0.4, -0.2) is 36.0 Å². The minimum absolute atomic E-state index is 0.134. The smallest absolute Gasteiger partial charge is 0.238 e. The molecule has 4 rings (SSSR count). The van der Waals surface area contributed by atoms with Gasteiger partial charge in [-0.1, -0.05) is 32.6 Å². The Hall–Kier alpha value is -1.44. The molecule has 0 amide bonds. The monoisotopic (exact) mass is 404 g/mol. The van der Waals surface area contributed by atoms with E-state index in [1.54, 1.807) is 12.1 Å². The van der Waals surface area contributed by atoms with Gasteiger partial charge in [-0.15, -0.1) is 0 Å². The van der Waals surface area contributed by atoms with Gasteiger partial charge in [-0.25, -0.2) is 18.5 Å². The van der Waals surface area contributed by atoms with Gasteiger partial charge in [0.15, 0.2) is 0 Å². The lowest BCUT2D eigenvalue weighted by molar-refractivity contribution is 0.0796. The van der Waals surface area contributed by atoms with Crippen molar-refractivity contribution in [1.29, 1.82) is 0 Å². The van der Waals surface area contributed by atoms with Gasteiger partial charge in [0, 0.05) is 13.1 Å². The van der Waals surface area contributed by atoms with Crippen LogP contribution >= 0.6 is 0 Å². The second-order valence-corrected chi connectivity index (χ2v) is 10.1. The number of imidazole rings is 1. The number of piperidine rings is 1. The molecule has 28 heavy (non-hydrogen) atoms. The van der Waals surface area contributed by atoms with Gasteiger partial charge in [-0.05, 0) is 55.8 Å². The minimum atomic E-state index is -3.72. The van der Waals surface area contributed by atoms with E-state index in [1.807, 2.05) is 6.07 Å². The van der Waals surface area contributed by atoms with Crippen molar-refractivity contribution in [3.63, 3.8) is 0 Å². The maximum atomic E-state index is 11.7. The molecule has 0 bridgehead atoms. The summed E-state index contributed by atoms with van der Waals surface area (Å²) in [5.74, 6) is 2.80. The Bertz CT molecular complexity index is 937.